The third-order valence-corrected chi connectivity index (χ3v) is 3.39. The summed E-state index contributed by atoms with van der Waals surface area (Å²) in [5, 5.41) is 3.63. The Labute approximate surface area is 80.7 Å². The van der Waals surface area contributed by atoms with Crippen molar-refractivity contribution >= 4 is 0 Å². The van der Waals surface area contributed by atoms with E-state index >= 15 is 0 Å². The molecule has 2 heterocycles. The van der Waals surface area contributed by atoms with Crippen LogP contribution in [-0.2, 0) is 0 Å². The van der Waals surface area contributed by atoms with Gasteiger partial charge in [-0.1, -0.05) is 0 Å². The average Bonchev–Trinajstić information content (AvgIpc) is 2.68. The van der Waals surface area contributed by atoms with Gasteiger partial charge in [0.05, 0.1) is 0 Å². The van der Waals surface area contributed by atoms with Gasteiger partial charge < -0.3 is 11.1 Å². The molecule has 2 saturated heterocycles. The molecule has 2 unspecified atom stereocenters. The molecule has 0 bridgehead atoms. The fourth-order valence-electron chi connectivity index (χ4n) is 2.71. The summed E-state index contributed by atoms with van der Waals surface area (Å²) in [6, 6.07) is 1.60. The van der Waals surface area contributed by atoms with Crippen molar-refractivity contribution in [2.45, 2.75) is 37.8 Å². The minimum absolute atomic E-state index is 0.758. The maximum absolute atomic E-state index is 5.47. The average molecular weight is 183 g/mol. The highest BCUT2D eigenvalue weighted by Crippen LogP contribution is 2.27. The van der Waals surface area contributed by atoms with Crippen molar-refractivity contribution in [2.75, 3.05) is 26.2 Å². The van der Waals surface area contributed by atoms with Crippen molar-refractivity contribution in [1.29, 1.82) is 0 Å². The second kappa shape index (κ2) is 4.40. The molecule has 13 heavy (non-hydrogen) atoms. The molecule has 0 aromatic rings. The van der Waals surface area contributed by atoms with Gasteiger partial charge in [0.2, 0.25) is 0 Å². The van der Waals surface area contributed by atoms with E-state index in [1.165, 1.54) is 32.4 Å². The fourth-order valence-corrected chi connectivity index (χ4v) is 2.71. The number of rotatable bonds is 4. The molecule has 0 spiro atoms. The Morgan fingerprint density at radius 1 is 1.31 bits per heavy atom. The van der Waals surface area contributed by atoms with Gasteiger partial charge in [-0.25, -0.2) is 0 Å². The molecule has 2 rings (SSSR count). The van der Waals surface area contributed by atoms with Crippen LogP contribution in [-0.4, -0.2) is 43.2 Å². The van der Waals surface area contributed by atoms with Crippen molar-refractivity contribution < 1.29 is 0 Å². The molecule has 0 aromatic carbocycles. The van der Waals surface area contributed by atoms with Crippen molar-refractivity contribution in [2.24, 2.45) is 5.73 Å². The number of nitrogens with zero attached hydrogens (tertiary/aromatic N) is 1. The zero-order chi connectivity index (χ0) is 9.10. The van der Waals surface area contributed by atoms with Gasteiger partial charge in [-0.2, -0.15) is 0 Å². The van der Waals surface area contributed by atoms with Gasteiger partial charge in [-0.15, -0.1) is 0 Å². The minimum atomic E-state index is 0.758. The lowest BCUT2D eigenvalue weighted by atomic mass is 10.1. The number of nitrogens with one attached hydrogen (secondary N) is 1. The van der Waals surface area contributed by atoms with Gasteiger partial charge in [0.15, 0.2) is 0 Å². The van der Waals surface area contributed by atoms with Crippen LogP contribution in [0.15, 0.2) is 0 Å². The van der Waals surface area contributed by atoms with Crippen LogP contribution in [0.25, 0.3) is 0 Å². The number of hydrogen-bond donors (Lipinski definition) is 2. The molecule has 3 N–H and O–H groups in total. The Bertz CT molecular complexity index is 160. The molecule has 0 saturated carbocycles. The molecule has 2 aliphatic rings. The van der Waals surface area contributed by atoms with Gasteiger partial charge in [0, 0.05) is 18.6 Å². The zero-order valence-corrected chi connectivity index (χ0v) is 8.34. The van der Waals surface area contributed by atoms with Crippen LogP contribution in [0, 0.1) is 0 Å². The highest BCUT2D eigenvalue weighted by Gasteiger charge is 2.36. The normalized spacial score (nSPS) is 33.9. The summed E-state index contributed by atoms with van der Waals surface area (Å²) in [5.74, 6) is 0. The van der Waals surface area contributed by atoms with E-state index in [0.29, 0.717) is 0 Å². The van der Waals surface area contributed by atoms with Crippen molar-refractivity contribution in [1.82, 2.24) is 10.2 Å². The van der Waals surface area contributed by atoms with Gasteiger partial charge in [-0.05, 0) is 45.3 Å². The predicted octanol–water partition coefficient (Wildman–Crippen LogP) is 0.162. The van der Waals surface area contributed by atoms with Crippen LogP contribution in [0.5, 0.6) is 0 Å². The second-order valence-corrected chi connectivity index (χ2v) is 4.24. The zero-order valence-electron chi connectivity index (χ0n) is 8.34. The van der Waals surface area contributed by atoms with Crippen molar-refractivity contribution in [3.05, 3.63) is 0 Å². The summed E-state index contributed by atoms with van der Waals surface area (Å²) in [7, 11) is 0. The van der Waals surface area contributed by atoms with Gasteiger partial charge >= 0.3 is 0 Å². The summed E-state index contributed by atoms with van der Waals surface area (Å²) in [4.78, 5) is 2.64. The Balaban J connectivity index is 1.74. The Hall–Kier alpha value is -0.120. The van der Waals surface area contributed by atoms with Gasteiger partial charge in [0.25, 0.3) is 0 Å². The minimum Gasteiger partial charge on any atom is -0.330 e. The largest absolute Gasteiger partial charge is 0.330 e. The lowest BCUT2D eigenvalue weighted by Crippen LogP contribution is -2.39. The molecular formula is C10H21N3. The van der Waals surface area contributed by atoms with Crippen LogP contribution in [0.3, 0.4) is 0 Å². The van der Waals surface area contributed by atoms with E-state index in [4.69, 9.17) is 5.73 Å². The molecule has 0 radical (unpaired) electrons. The Morgan fingerprint density at radius 2 is 2.23 bits per heavy atom. The molecule has 2 fully saturated rings. The third-order valence-electron chi connectivity index (χ3n) is 3.39. The number of nitrogens with two attached hydrogens (primary N) is 1. The first-order chi connectivity index (χ1) is 6.42. The number of fused-ring (bicyclic) bond motifs is 1. The fraction of sp³-hybridized carbons (Fsp3) is 1.00. The van der Waals surface area contributed by atoms with Crippen molar-refractivity contribution in [3.63, 3.8) is 0 Å². The Morgan fingerprint density at radius 3 is 3.08 bits per heavy atom. The van der Waals surface area contributed by atoms with Crippen LogP contribution < -0.4 is 11.1 Å². The van der Waals surface area contributed by atoms with Crippen molar-refractivity contribution in [3.8, 4) is 0 Å². The molecule has 0 amide bonds. The summed E-state index contributed by atoms with van der Waals surface area (Å²) >= 11 is 0. The topological polar surface area (TPSA) is 41.3 Å². The highest BCUT2D eigenvalue weighted by molar-refractivity contribution is 4.95. The standard InChI is InChI=1S/C10H21N3/c11-5-2-6-12-9-4-8-13-7-1-3-10(9)13/h9-10,12H,1-8,11H2. The second-order valence-electron chi connectivity index (χ2n) is 4.24. The first kappa shape index (κ1) is 9.44. The molecule has 2 aliphatic heterocycles. The van der Waals surface area contributed by atoms with E-state index in [1.54, 1.807) is 0 Å². The first-order valence-corrected chi connectivity index (χ1v) is 5.59. The van der Waals surface area contributed by atoms with E-state index < -0.39 is 0 Å². The molecule has 3 heteroatoms. The van der Waals surface area contributed by atoms with E-state index in [-0.39, 0.29) is 0 Å². The summed E-state index contributed by atoms with van der Waals surface area (Å²) < 4.78 is 0. The number of hydrogen-bond acceptors (Lipinski definition) is 3. The summed E-state index contributed by atoms with van der Waals surface area (Å²) in [6.07, 6.45) is 5.26. The molecule has 3 nitrogen and oxygen atoms in total. The predicted molar refractivity (Wildman–Crippen MR) is 54.7 cm³/mol. The van der Waals surface area contributed by atoms with E-state index in [2.05, 4.69) is 10.2 Å². The van der Waals surface area contributed by atoms with Crippen LogP contribution in [0.2, 0.25) is 0 Å². The van der Waals surface area contributed by atoms with Crippen LogP contribution in [0.4, 0.5) is 0 Å². The summed E-state index contributed by atoms with van der Waals surface area (Å²) in [5.41, 5.74) is 5.47. The molecule has 2 atom stereocenters. The van der Waals surface area contributed by atoms with E-state index in [1.807, 2.05) is 0 Å². The highest BCUT2D eigenvalue weighted by atomic mass is 15.2. The SMILES string of the molecule is NCCCNC1CCN2CCCC12. The molecule has 76 valence electrons. The maximum atomic E-state index is 5.47. The third kappa shape index (κ3) is 2.03. The first-order valence-electron chi connectivity index (χ1n) is 5.59. The van der Waals surface area contributed by atoms with Crippen LogP contribution in [0.1, 0.15) is 25.7 Å². The van der Waals surface area contributed by atoms with Crippen LogP contribution >= 0.6 is 0 Å². The Kier molecular flexibility index (Phi) is 3.19. The van der Waals surface area contributed by atoms with E-state index in [9.17, 15) is 0 Å². The van der Waals surface area contributed by atoms with Gasteiger partial charge in [0.1, 0.15) is 0 Å². The molecule has 0 aliphatic carbocycles. The van der Waals surface area contributed by atoms with Gasteiger partial charge in [-0.3, -0.25) is 4.90 Å². The lowest BCUT2D eigenvalue weighted by molar-refractivity contribution is 0.299. The monoisotopic (exact) mass is 183 g/mol. The summed E-state index contributed by atoms with van der Waals surface area (Å²) in [6.45, 7) is 4.56. The molecule has 0 aromatic heterocycles. The van der Waals surface area contributed by atoms with E-state index in [0.717, 1.165) is 31.6 Å². The molecular weight excluding hydrogens is 162 g/mol. The lowest BCUT2D eigenvalue weighted by Gasteiger charge is -2.21. The maximum Gasteiger partial charge on any atom is 0.0250 e. The quantitative estimate of drug-likeness (QED) is 0.610. The smallest absolute Gasteiger partial charge is 0.0250 e.